The third-order valence-electron chi connectivity index (χ3n) is 4.72. The van der Waals surface area contributed by atoms with Crippen molar-refractivity contribution in [1.82, 2.24) is 25.5 Å². The van der Waals surface area contributed by atoms with Gasteiger partial charge in [0.2, 0.25) is 5.91 Å². The second kappa shape index (κ2) is 5.47. The minimum absolute atomic E-state index is 0.0245. The van der Waals surface area contributed by atoms with Crippen molar-refractivity contribution in [3.05, 3.63) is 6.33 Å². The van der Waals surface area contributed by atoms with Gasteiger partial charge in [0.05, 0.1) is 6.10 Å². The quantitative estimate of drug-likeness (QED) is 0.850. The molecule has 1 spiro atoms. The molecule has 2 aliphatic rings. The van der Waals surface area contributed by atoms with E-state index in [4.69, 9.17) is 4.74 Å². The molecule has 1 aromatic rings. The molecule has 1 heterocycles. The van der Waals surface area contributed by atoms with Crippen LogP contribution in [-0.2, 0) is 16.1 Å². The number of carbonyl (C=O) groups excluding carboxylic acids is 1. The molecule has 2 aliphatic carbocycles. The Morgan fingerprint density at radius 1 is 1.50 bits per heavy atom. The summed E-state index contributed by atoms with van der Waals surface area (Å²) >= 11 is 0. The first-order valence-electron chi connectivity index (χ1n) is 7.36. The molecule has 2 fully saturated rings. The van der Waals surface area contributed by atoms with Crippen LogP contribution in [0.2, 0.25) is 0 Å². The number of ether oxygens (including phenoxy) is 1. The summed E-state index contributed by atoms with van der Waals surface area (Å²) in [6, 6.07) is 0.241. The van der Waals surface area contributed by atoms with Crippen molar-refractivity contribution in [3.8, 4) is 0 Å². The molecule has 0 unspecified atom stereocenters. The molecule has 0 saturated heterocycles. The van der Waals surface area contributed by atoms with Crippen molar-refractivity contribution in [2.24, 2.45) is 5.41 Å². The van der Waals surface area contributed by atoms with Crippen molar-refractivity contribution >= 4 is 5.91 Å². The first-order valence-corrected chi connectivity index (χ1v) is 7.36. The highest BCUT2D eigenvalue weighted by atomic mass is 16.5. The fourth-order valence-electron chi connectivity index (χ4n) is 3.73. The third kappa shape index (κ3) is 2.30. The zero-order valence-corrected chi connectivity index (χ0v) is 11.8. The molecule has 0 aliphatic heterocycles. The van der Waals surface area contributed by atoms with E-state index in [0.29, 0.717) is 6.10 Å². The topological polar surface area (TPSA) is 81.9 Å². The first kappa shape index (κ1) is 13.5. The largest absolute Gasteiger partial charge is 0.378 e. The van der Waals surface area contributed by atoms with E-state index in [-0.39, 0.29) is 23.9 Å². The summed E-state index contributed by atoms with van der Waals surface area (Å²) in [5.41, 5.74) is 0.173. The van der Waals surface area contributed by atoms with E-state index >= 15 is 0 Å². The predicted octanol–water partition coefficient (Wildman–Crippen LogP) is 0.527. The number of amides is 1. The van der Waals surface area contributed by atoms with Crippen LogP contribution in [0.4, 0.5) is 0 Å². The lowest BCUT2D eigenvalue weighted by atomic mass is 9.60. The Bertz CT molecular complexity index is 455. The van der Waals surface area contributed by atoms with Gasteiger partial charge in [-0.3, -0.25) is 4.79 Å². The summed E-state index contributed by atoms with van der Waals surface area (Å²) in [6.45, 7) is 2.96. The highest BCUT2D eigenvalue weighted by molar-refractivity contribution is 5.76. The Labute approximate surface area is 118 Å². The Hall–Kier alpha value is -1.50. The molecule has 2 atom stereocenters. The van der Waals surface area contributed by atoms with Gasteiger partial charge in [-0.15, -0.1) is 5.10 Å². The van der Waals surface area contributed by atoms with Crippen molar-refractivity contribution in [3.63, 3.8) is 0 Å². The Kier molecular flexibility index (Phi) is 3.69. The standard InChI is InChI=1S/C13H21N5O2/c1-2-20-11-7-10(13(11)5-3-4-6-13)15-12(19)8-18-9-14-16-17-18/h9-11H,2-8H2,1H3,(H,15,19)/t10-,11+/m1/s1. The van der Waals surface area contributed by atoms with E-state index in [2.05, 4.69) is 20.8 Å². The summed E-state index contributed by atoms with van der Waals surface area (Å²) in [5.74, 6) is -0.0245. The monoisotopic (exact) mass is 279 g/mol. The zero-order chi connectivity index (χ0) is 14.0. The van der Waals surface area contributed by atoms with Crippen LogP contribution >= 0.6 is 0 Å². The molecule has 7 nitrogen and oxygen atoms in total. The van der Waals surface area contributed by atoms with Gasteiger partial charge in [-0.05, 0) is 36.6 Å². The van der Waals surface area contributed by atoms with Crippen LogP contribution in [0.5, 0.6) is 0 Å². The van der Waals surface area contributed by atoms with Gasteiger partial charge in [-0.1, -0.05) is 12.8 Å². The summed E-state index contributed by atoms with van der Waals surface area (Å²) in [5, 5.41) is 13.9. The Morgan fingerprint density at radius 3 is 2.95 bits per heavy atom. The summed E-state index contributed by atoms with van der Waals surface area (Å²) in [4.78, 5) is 12.0. The third-order valence-corrected chi connectivity index (χ3v) is 4.72. The van der Waals surface area contributed by atoms with E-state index in [1.165, 1.54) is 23.9 Å². The SMILES string of the molecule is CCO[C@H]1C[C@@H](NC(=O)Cn2cnnn2)C12CCCC2. The number of hydrogen-bond donors (Lipinski definition) is 1. The molecule has 3 rings (SSSR count). The van der Waals surface area contributed by atoms with Crippen molar-refractivity contribution in [2.45, 2.75) is 57.7 Å². The minimum Gasteiger partial charge on any atom is -0.378 e. The van der Waals surface area contributed by atoms with Crippen molar-refractivity contribution < 1.29 is 9.53 Å². The second-order valence-corrected chi connectivity index (χ2v) is 5.75. The molecule has 0 aromatic carbocycles. The van der Waals surface area contributed by atoms with Crippen LogP contribution in [-0.4, -0.2) is 44.9 Å². The minimum atomic E-state index is -0.0245. The van der Waals surface area contributed by atoms with Crippen LogP contribution < -0.4 is 5.32 Å². The molecule has 2 saturated carbocycles. The lowest BCUT2D eigenvalue weighted by Gasteiger charge is -2.54. The van der Waals surface area contributed by atoms with Crippen LogP contribution in [0.15, 0.2) is 6.33 Å². The highest BCUT2D eigenvalue weighted by Crippen LogP contribution is 2.54. The van der Waals surface area contributed by atoms with Gasteiger partial charge in [0, 0.05) is 18.1 Å². The van der Waals surface area contributed by atoms with E-state index in [1.54, 1.807) is 0 Å². The van der Waals surface area contributed by atoms with E-state index < -0.39 is 0 Å². The van der Waals surface area contributed by atoms with Crippen LogP contribution in [0.3, 0.4) is 0 Å². The van der Waals surface area contributed by atoms with Gasteiger partial charge in [0.25, 0.3) is 0 Å². The summed E-state index contributed by atoms with van der Waals surface area (Å²) < 4.78 is 7.28. The van der Waals surface area contributed by atoms with Crippen molar-refractivity contribution in [2.75, 3.05) is 6.61 Å². The van der Waals surface area contributed by atoms with Gasteiger partial charge < -0.3 is 10.1 Å². The van der Waals surface area contributed by atoms with Crippen LogP contribution in [0.1, 0.15) is 39.0 Å². The maximum absolute atomic E-state index is 12.0. The molecule has 1 amide bonds. The summed E-state index contributed by atoms with van der Waals surface area (Å²) in [6.07, 6.45) is 7.49. The smallest absolute Gasteiger partial charge is 0.242 e. The second-order valence-electron chi connectivity index (χ2n) is 5.75. The van der Waals surface area contributed by atoms with Crippen LogP contribution in [0.25, 0.3) is 0 Å². The number of nitrogens with zero attached hydrogens (tertiary/aromatic N) is 4. The molecule has 20 heavy (non-hydrogen) atoms. The predicted molar refractivity (Wildman–Crippen MR) is 70.7 cm³/mol. The van der Waals surface area contributed by atoms with Gasteiger partial charge in [-0.2, -0.15) is 0 Å². The van der Waals surface area contributed by atoms with Crippen LogP contribution in [0, 0.1) is 5.41 Å². The molecular formula is C13H21N5O2. The molecule has 7 heteroatoms. The van der Waals surface area contributed by atoms with E-state index in [9.17, 15) is 4.79 Å². The lowest BCUT2D eigenvalue weighted by Crippen LogP contribution is -2.64. The molecular weight excluding hydrogens is 258 g/mol. The maximum atomic E-state index is 12.0. The summed E-state index contributed by atoms with van der Waals surface area (Å²) in [7, 11) is 0. The van der Waals surface area contributed by atoms with Gasteiger partial charge >= 0.3 is 0 Å². The highest BCUT2D eigenvalue weighted by Gasteiger charge is 2.57. The van der Waals surface area contributed by atoms with Gasteiger partial charge in [0.1, 0.15) is 12.9 Å². The fraction of sp³-hybridized carbons (Fsp3) is 0.846. The van der Waals surface area contributed by atoms with Gasteiger partial charge in [-0.25, -0.2) is 4.68 Å². The lowest BCUT2D eigenvalue weighted by molar-refractivity contribution is -0.144. The number of aromatic nitrogens is 4. The first-order chi connectivity index (χ1) is 9.74. The fourth-order valence-corrected chi connectivity index (χ4v) is 3.73. The molecule has 110 valence electrons. The number of tetrazole rings is 1. The number of carbonyl (C=O) groups is 1. The van der Waals surface area contributed by atoms with E-state index in [1.807, 2.05) is 6.92 Å². The number of hydrogen-bond acceptors (Lipinski definition) is 5. The normalized spacial score (nSPS) is 27.4. The zero-order valence-electron chi connectivity index (χ0n) is 11.8. The molecule has 0 bridgehead atoms. The number of rotatable bonds is 5. The molecule has 0 radical (unpaired) electrons. The van der Waals surface area contributed by atoms with E-state index in [0.717, 1.165) is 25.9 Å². The number of nitrogens with one attached hydrogen (secondary N) is 1. The Balaban J connectivity index is 1.59. The molecule has 1 aromatic heterocycles. The Morgan fingerprint density at radius 2 is 2.30 bits per heavy atom. The van der Waals surface area contributed by atoms with Crippen molar-refractivity contribution in [1.29, 1.82) is 0 Å². The molecule has 1 N–H and O–H groups in total. The van der Waals surface area contributed by atoms with Gasteiger partial charge in [0.15, 0.2) is 0 Å². The maximum Gasteiger partial charge on any atom is 0.242 e. The average molecular weight is 279 g/mol. The average Bonchev–Trinajstić information content (AvgIpc) is 3.09.